The van der Waals surface area contributed by atoms with E-state index in [1.807, 2.05) is 31.2 Å². The molecule has 1 heterocycles. The van der Waals surface area contributed by atoms with Crippen LogP contribution >= 0.6 is 15.9 Å². The van der Waals surface area contributed by atoms with Crippen molar-refractivity contribution in [2.24, 2.45) is 0 Å². The summed E-state index contributed by atoms with van der Waals surface area (Å²) in [5.74, 6) is 0. The van der Waals surface area contributed by atoms with E-state index in [4.69, 9.17) is 0 Å². The maximum absolute atomic E-state index is 4.62. The molecule has 15 heavy (non-hydrogen) atoms. The number of hydrogen-bond acceptors (Lipinski definition) is 2. The van der Waals surface area contributed by atoms with Gasteiger partial charge in [-0.05, 0) is 19.1 Å². The minimum Gasteiger partial charge on any atom is -0.250 e. The van der Waals surface area contributed by atoms with Crippen LogP contribution in [0.1, 0.15) is 18.3 Å². The van der Waals surface area contributed by atoms with Gasteiger partial charge >= 0.3 is 0 Å². The molecule has 0 N–H and O–H groups in total. The number of halogens is 1. The first-order valence-electron chi connectivity index (χ1n) is 5.03. The molecule has 0 saturated carbocycles. The summed E-state index contributed by atoms with van der Waals surface area (Å²) in [5.41, 5.74) is 4.06. The SMILES string of the molecule is Cc1nc2ccccc2nc1CC(C)Br. The number of para-hydroxylation sites is 2. The van der Waals surface area contributed by atoms with Crippen LogP contribution in [0, 0.1) is 6.92 Å². The fraction of sp³-hybridized carbons (Fsp3) is 0.333. The summed E-state index contributed by atoms with van der Waals surface area (Å²) in [5, 5.41) is 0. The van der Waals surface area contributed by atoms with Gasteiger partial charge in [0, 0.05) is 11.2 Å². The Morgan fingerprint density at radius 1 is 1.20 bits per heavy atom. The lowest BCUT2D eigenvalue weighted by molar-refractivity contribution is 0.893. The topological polar surface area (TPSA) is 25.8 Å². The normalized spacial score (nSPS) is 13.0. The number of benzene rings is 1. The van der Waals surface area contributed by atoms with E-state index >= 15 is 0 Å². The number of hydrogen-bond donors (Lipinski definition) is 0. The molecule has 3 heteroatoms. The summed E-state index contributed by atoms with van der Waals surface area (Å²) in [6.07, 6.45) is 0.920. The zero-order valence-corrected chi connectivity index (χ0v) is 10.5. The van der Waals surface area contributed by atoms with E-state index in [0.29, 0.717) is 4.83 Å². The Hall–Kier alpha value is -0.960. The van der Waals surface area contributed by atoms with Crippen LogP contribution in [0.2, 0.25) is 0 Å². The second kappa shape index (κ2) is 4.27. The Bertz CT molecular complexity index is 480. The van der Waals surface area contributed by atoms with Gasteiger partial charge in [-0.3, -0.25) is 0 Å². The Morgan fingerprint density at radius 3 is 2.40 bits per heavy atom. The van der Waals surface area contributed by atoms with Crippen molar-refractivity contribution in [3.05, 3.63) is 35.7 Å². The number of aryl methyl sites for hydroxylation is 1. The molecule has 0 saturated heterocycles. The number of fused-ring (bicyclic) bond motifs is 1. The first-order chi connectivity index (χ1) is 7.16. The molecule has 78 valence electrons. The van der Waals surface area contributed by atoms with E-state index in [1.54, 1.807) is 0 Å². The van der Waals surface area contributed by atoms with Crippen molar-refractivity contribution in [1.29, 1.82) is 0 Å². The second-order valence-corrected chi connectivity index (χ2v) is 5.29. The van der Waals surface area contributed by atoms with Gasteiger partial charge in [0.2, 0.25) is 0 Å². The van der Waals surface area contributed by atoms with Crippen LogP contribution in [0.25, 0.3) is 11.0 Å². The Kier molecular flexibility index (Phi) is 3.00. The summed E-state index contributed by atoms with van der Waals surface area (Å²) in [7, 11) is 0. The molecule has 0 aliphatic rings. The van der Waals surface area contributed by atoms with E-state index in [0.717, 1.165) is 28.8 Å². The number of alkyl halides is 1. The van der Waals surface area contributed by atoms with E-state index < -0.39 is 0 Å². The lowest BCUT2D eigenvalue weighted by Crippen LogP contribution is -2.04. The molecule has 1 atom stereocenters. The van der Waals surface area contributed by atoms with Crippen molar-refractivity contribution in [1.82, 2.24) is 9.97 Å². The smallest absolute Gasteiger partial charge is 0.0890 e. The predicted molar refractivity (Wildman–Crippen MR) is 66.4 cm³/mol. The van der Waals surface area contributed by atoms with Gasteiger partial charge in [-0.25, -0.2) is 9.97 Å². The molecular weight excluding hydrogens is 252 g/mol. The number of rotatable bonds is 2. The first kappa shape index (κ1) is 10.6. The van der Waals surface area contributed by atoms with E-state index in [9.17, 15) is 0 Å². The molecule has 1 aromatic carbocycles. The lowest BCUT2D eigenvalue weighted by atomic mass is 10.2. The third-order valence-corrected chi connectivity index (χ3v) is 2.64. The standard InChI is InChI=1S/C12H13BrN2/c1-8(13)7-12-9(2)14-10-5-3-4-6-11(10)15-12/h3-6,8H,7H2,1-2H3. The van der Waals surface area contributed by atoms with Gasteiger partial charge < -0.3 is 0 Å². The van der Waals surface area contributed by atoms with Gasteiger partial charge in [0.25, 0.3) is 0 Å². The molecule has 2 nitrogen and oxygen atoms in total. The van der Waals surface area contributed by atoms with Crippen LogP contribution in [0.3, 0.4) is 0 Å². The molecule has 0 spiro atoms. The first-order valence-corrected chi connectivity index (χ1v) is 5.94. The quantitative estimate of drug-likeness (QED) is 0.779. The summed E-state index contributed by atoms with van der Waals surface area (Å²) < 4.78 is 0. The van der Waals surface area contributed by atoms with Gasteiger partial charge in [0.05, 0.1) is 22.4 Å². The van der Waals surface area contributed by atoms with Gasteiger partial charge in [0.15, 0.2) is 0 Å². The average Bonchev–Trinajstić information content (AvgIpc) is 2.18. The van der Waals surface area contributed by atoms with Crippen molar-refractivity contribution >= 4 is 27.0 Å². The fourth-order valence-electron chi connectivity index (χ4n) is 1.58. The third kappa shape index (κ3) is 2.34. The fourth-order valence-corrected chi connectivity index (χ4v) is 1.89. The highest BCUT2D eigenvalue weighted by molar-refractivity contribution is 9.09. The van der Waals surface area contributed by atoms with Crippen LogP contribution in [0.4, 0.5) is 0 Å². The van der Waals surface area contributed by atoms with Gasteiger partial charge in [-0.1, -0.05) is 35.0 Å². The van der Waals surface area contributed by atoms with Crippen LogP contribution in [-0.4, -0.2) is 14.8 Å². The summed E-state index contributed by atoms with van der Waals surface area (Å²) >= 11 is 3.54. The average molecular weight is 265 g/mol. The predicted octanol–water partition coefficient (Wildman–Crippen LogP) is 3.26. The maximum Gasteiger partial charge on any atom is 0.0890 e. The molecule has 0 fully saturated rings. The molecule has 0 radical (unpaired) electrons. The van der Waals surface area contributed by atoms with Crippen molar-refractivity contribution in [2.45, 2.75) is 25.1 Å². The highest BCUT2D eigenvalue weighted by Crippen LogP contribution is 2.15. The maximum atomic E-state index is 4.62. The zero-order chi connectivity index (χ0) is 10.8. The van der Waals surface area contributed by atoms with Gasteiger partial charge in [-0.2, -0.15) is 0 Å². The van der Waals surface area contributed by atoms with E-state index in [-0.39, 0.29) is 0 Å². The molecule has 0 aliphatic heterocycles. The minimum atomic E-state index is 0.437. The largest absolute Gasteiger partial charge is 0.250 e. The molecule has 0 amide bonds. The lowest BCUT2D eigenvalue weighted by Gasteiger charge is -2.07. The van der Waals surface area contributed by atoms with E-state index in [1.165, 1.54) is 0 Å². The molecule has 1 aromatic heterocycles. The molecule has 0 bridgehead atoms. The molecule has 0 aliphatic carbocycles. The number of aromatic nitrogens is 2. The summed E-state index contributed by atoms with van der Waals surface area (Å²) in [6, 6.07) is 7.98. The Balaban J connectivity index is 2.52. The zero-order valence-electron chi connectivity index (χ0n) is 8.87. The summed E-state index contributed by atoms with van der Waals surface area (Å²) in [4.78, 5) is 9.60. The highest BCUT2D eigenvalue weighted by atomic mass is 79.9. The number of nitrogens with zero attached hydrogens (tertiary/aromatic N) is 2. The van der Waals surface area contributed by atoms with Crippen molar-refractivity contribution in [3.63, 3.8) is 0 Å². The molecular formula is C12H13BrN2. The van der Waals surface area contributed by atoms with Crippen LogP contribution in [-0.2, 0) is 6.42 Å². The highest BCUT2D eigenvalue weighted by Gasteiger charge is 2.07. The van der Waals surface area contributed by atoms with Crippen molar-refractivity contribution in [2.75, 3.05) is 0 Å². The molecule has 2 rings (SSSR count). The Labute approximate surface area is 97.9 Å². The van der Waals surface area contributed by atoms with Gasteiger partial charge in [-0.15, -0.1) is 0 Å². The van der Waals surface area contributed by atoms with Crippen LogP contribution in [0.5, 0.6) is 0 Å². The Morgan fingerprint density at radius 2 is 1.80 bits per heavy atom. The third-order valence-electron chi connectivity index (χ3n) is 2.32. The van der Waals surface area contributed by atoms with Crippen LogP contribution in [0.15, 0.2) is 24.3 Å². The second-order valence-electron chi connectivity index (χ2n) is 3.73. The minimum absolute atomic E-state index is 0.437. The van der Waals surface area contributed by atoms with Crippen LogP contribution < -0.4 is 0 Å². The monoisotopic (exact) mass is 264 g/mol. The molecule has 1 unspecified atom stereocenters. The molecule has 2 aromatic rings. The summed E-state index contributed by atoms with van der Waals surface area (Å²) in [6.45, 7) is 4.14. The van der Waals surface area contributed by atoms with Crippen molar-refractivity contribution < 1.29 is 0 Å². The van der Waals surface area contributed by atoms with Crippen molar-refractivity contribution in [3.8, 4) is 0 Å². The van der Waals surface area contributed by atoms with Gasteiger partial charge in [0.1, 0.15) is 0 Å². The van der Waals surface area contributed by atoms with E-state index in [2.05, 4.69) is 32.8 Å².